The highest BCUT2D eigenvalue weighted by Crippen LogP contribution is 2.27. The number of fused-ring (bicyclic) bond motifs is 1. The van der Waals surface area contributed by atoms with Crippen molar-refractivity contribution in [3.8, 4) is 11.5 Å². The molecule has 7 heteroatoms. The number of methoxy groups -OCH3 is 2. The number of amides is 1. The molecule has 6 nitrogen and oxygen atoms in total. The van der Waals surface area contributed by atoms with Crippen LogP contribution in [0.3, 0.4) is 0 Å². The highest BCUT2D eigenvalue weighted by Gasteiger charge is 2.13. The molecule has 0 saturated heterocycles. The Morgan fingerprint density at radius 1 is 1.22 bits per heavy atom. The number of nitrogens with one attached hydrogen (secondary N) is 1. The average molecular weight is 383 g/mol. The number of hydrogen-bond acceptors (Lipinski definition) is 5. The predicted octanol–water partition coefficient (Wildman–Crippen LogP) is 3.97. The number of ether oxygens (including phenoxy) is 2. The van der Waals surface area contributed by atoms with Gasteiger partial charge >= 0.3 is 0 Å². The quantitative estimate of drug-likeness (QED) is 0.471. The SMILES string of the molecule is C=CCn1c(SCC(=O)Nc2cc(OC)cc(OC)c2)nc2ccccc21. The van der Waals surface area contributed by atoms with Gasteiger partial charge < -0.3 is 19.4 Å². The summed E-state index contributed by atoms with van der Waals surface area (Å²) in [5.74, 6) is 1.34. The number of aromatic nitrogens is 2. The summed E-state index contributed by atoms with van der Waals surface area (Å²) in [6.07, 6.45) is 1.82. The molecule has 0 aliphatic rings. The summed E-state index contributed by atoms with van der Waals surface area (Å²) in [7, 11) is 3.14. The van der Waals surface area contributed by atoms with Gasteiger partial charge in [-0.25, -0.2) is 4.98 Å². The predicted molar refractivity (Wildman–Crippen MR) is 109 cm³/mol. The van der Waals surface area contributed by atoms with Crippen molar-refractivity contribution in [3.05, 3.63) is 55.1 Å². The molecular weight excluding hydrogens is 362 g/mol. The van der Waals surface area contributed by atoms with E-state index in [1.165, 1.54) is 11.8 Å². The van der Waals surface area contributed by atoms with Crippen LogP contribution < -0.4 is 14.8 Å². The van der Waals surface area contributed by atoms with E-state index in [1.807, 2.05) is 30.3 Å². The average Bonchev–Trinajstić information content (AvgIpc) is 3.04. The zero-order valence-electron chi connectivity index (χ0n) is 15.3. The summed E-state index contributed by atoms with van der Waals surface area (Å²) in [5.41, 5.74) is 2.55. The van der Waals surface area contributed by atoms with Crippen LogP contribution in [0.15, 0.2) is 60.3 Å². The molecule has 3 rings (SSSR count). The van der Waals surface area contributed by atoms with E-state index in [9.17, 15) is 4.79 Å². The summed E-state index contributed by atoms with van der Waals surface area (Å²) in [5, 5.41) is 3.66. The standard InChI is InChI=1S/C20H21N3O3S/c1-4-9-23-18-8-6-5-7-17(18)22-20(23)27-13-19(24)21-14-10-15(25-2)12-16(11-14)26-3/h4-8,10-12H,1,9,13H2,2-3H3,(H,21,24). The van der Waals surface area contributed by atoms with Gasteiger partial charge in [-0.05, 0) is 12.1 Å². The molecule has 0 aliphatic heterocycles. The Kier molecular flexibility index (Phi) is 6.03. The van der Waals surface area contributed by atoms with E-state index in [0.29, 0.717) is 23.7 Å². The Hall–Kier alpha value is -2.93. The van der Waals surface area contributed by atoms with Crippen molar-refractivity contribution >= 4 is 34.4 Å². The lowest BCUT2D eigenvalue weighted by atomic mass is 10.2. The maximum absolute atomic E-state index is 12.4. The van der Waals surface area contributed by atoms with Gasteiger partial charge in [0.2, 0.25) is 5.91 Å². The van der Waals surface area contributed by atoms with Crippen molar-refractivity contribution in [2.75, 3.05) is 25.3 Å². The van der Waals surface area contributed by atoms with E-state index in [-0.39, 0.29) is 11.7 Å². The van der Waals surface area contributed by atoms with Crippen molar-refractivity contribution in [2.24, 2.45) is 0 Å². The largest absolute Gasteiger partial charge is 0.497 e. The van der Waals surface area contributed by atoms with Gasteiger partial charge in [0.25, 0.3) is 0 Å². The van der Waals surface area contributed by atoms with E-state index < -0.39 is 0 Å². The third-order valence-electron chi connectivity index (χ3n) is 3.90. The Morgan fingerprint density at radius 2 is 1.93 bits per heavy atom. The molecule has 27 heavy (non-hydrogen) atoms. The minimum Gasteiger partial charge on any atom is -0.497 e. The highest BCUT2D eigenvalue weighted by atomic mass is 32.2. The lowest BCUT2D eigenvalue weighted by Gasteiger charge is -2.10. The van der Waals surface area contributed by atoms with Crippen molar-refractivity contribution in [1.29, 1.82) is 0 Å². The second kappa shape index (κ2) is 8.64. The fourth-order valence-corrected chi connectivity index (χ4v) is 3.50. The number of anilines is 1. The molecule has 0 spiro atoms. The number of para-hydroxylation sites is 2. The van der Waals surface area contributed by atoms with Crippen LogP contribution in [0.4, 0.5) is 5.69 Å². The van der Waals surface area contributed by atoms with Gasteiger partial charge in [0.05, 0.1) is 31.0 Å². The van der Waals surface area contributed by atoms with Crippen LogP contribution in [0, 0.1) is 0 Å². The third-order valence-corrected chi connectivity index (χ3v) is 4.88. The molecule has 2 aromatic carbocycles. The summed E-state index contributed by atoms with van der Waals surface area (Å²) >= 11 is 1.39. The number of carbonyl (C=O) groups is 1. The van der Waals surface area contributed by atoms with Crippen LogP contribution >= 0.6 is 11.8 Å². The number of allylic oxidation sites excluding steroid dienone is 1. The minimum atomic E-state index is -0.132. The van der Waals surface area contributed by atoms with Crippen LogP contribution in [0.2, 0.25) is 0 Å². The van der Waals surface area contributed by atoms with Crippen LogP contribution in [0.25, 0.3) is 11.0 Å². The fourth-order valence-electron chi connectivity index (χ4n) is 2.68. The molecule has 0 bridgehead atoms. The molecule has 0 fully saturated rings. The maximum atomic E-state index is 12.4. The number of nitrogens with zero attached hydrogens (tertiary/aromatic N) is 2. The normalized spacial score (nSPS) is 10.6. The Labute approximate surface area is 162 Å². The molecule has 0 radical (unpaired) electrons. The number of hydrogen-bond donors (Lipinski definition) is 1. The molecule has 0 unspecified atom stereocenters. The molecule has 0 saturated carbocycles. The third kappa shape index (κ3) is 4.43. The lowest BCUT2D eigenvalue weighted by Crippen LogP contribution is -2.14. The van der Waals surface area contributed by atoms with Crippen LogP contribution in [-0.2, 0) is 11.3 Å². The van der Waals surface area contributed by atoms with Crippen molar-refractivity contribution in [2.45, 2.75) is 11.7 Å². The molecule has 1 heterocycles. The van der Waals surface area contributed by atoms with Gasteiger partial charge in [-0.1, -0.05) is 30.0 Å². The first-order valence-electron chi connectivity index (χ1n) is 8.36. The summed E-state index contributed by atoms with van der Waals surface area (Å²) in [6, 6.07) is 13.1. The van der Waals surface area contributed by atoms with Gasteiger partial charge in [-0.3, -0.25) is 4.79 Å². The molecule has 1 aromatic heterocycles. The number of rotatable bonds is 8. The number of carbonyl (C=O) groups excluding carboxylic acids is 1. The maximum Gasteiger partial charge on any atom is 0.234 e. The zero-order valence-corrected chi connectivity index (χ0v) is 16.1. The minimum absolute atomic E-state index is 0.132. The van der Waals surface area contributed by atoms with Gasteiger partial charge in [0.15, 0.2) is 5.16 Å². The van der Waals surface area contributed by atoms with E-state index >= 15 is 0 Å². The van der Waals surface area contributed by atoms with E-state index in [1.54, 1.807) is 32.4 Å². The Balaban J connectivity index is 1.72. The number of thioether (sulfide) groups is 1. The molecule has 1 amide bonds. The fraction of sp³-hybridized carbons (Fsp3) is 0.200. The molecule has 0 aliphatic carbocycles. The number of imidazole rings is 1. The van der Waals surface area contributed by atoms with E-state index in [0.717, 1.165) is 16.2 Å². The smallest absolute Gasteiger partial charge is 0.234 e. The van der Waals surface area contributed by atoms with E-state index in [4.69, 9.17) is 9.47 Å². The molecule has 0 atom stereocenters. The van der Waals surface area contributed by atoms with Gasteiger partial charge in [-0.15, -0.1) is 6.58 Å². The summed E-state index contributed by atoms with van der Waals surface area (Å²) in [4.78, 5) is 17.0. The van der Waals surface area contributed by atoms with Crippen molar-refractivity contribution in [3.63, 3.8) is 0 Å². The molecule has 1 N–H and O–H groups in total. The summed E-state index contributed by atoms with van der Waals surface area (Å²) < 4.78 is 12.5. The van der Waals surface area contributed by atoms with E-state index in [2.05, 4.69) is 21.4 Å². The first-order valence-corrected chi connectivity index (χ1v) is 9.35. The monoisotopic (exact) mass is 383 g/mol. The first-order chi connectivity index (χ1) is 13.1. The van der Waals surface area contributed by atoms with Crippen molar-refractivity contribution in [1.82, 2.24) is 9.55 Å². The van der Waals surface area contributed by atoms with Gasteiger partial charge in [-0.2, -0.15) is 0 Å². The Bertz CT molecular complexity index is 946. The second-order valence-electron chi connectivity index (χ2n) is 5.72. The molecule has 140 valence electrons. The van der Waals surface area contributed by atoms with Gasteiger partial charge in [0.1, 0.15) is 11.5 Å². The van der Waals surface area contributed by atoms with Crippen molar-refractivity contribution < 1.29 is 14.3 Å². The molecular formula is C20H21N3O3S. The Morgan fingerprint density at radius 3 is 2.59 bits per heavy atom. The second-order valence-corrected chi connectivity index (χ2v) is 6.66. The van der Waals surface area contributed by atoms with Crippen LogP contribution in [0.1, 0.15) is 0 Å². The topological polar surface area (TPSA) is 65.4 Å². The first kappa shape index (κ1) is 18.8. The zero-order chi connectivity index (χ0) is 19.2. The van der Waals surface area contributed by atoms with Gasteiger partial charge in [0, 0.05) is 30.4 Å². The highest BCUT2D eigenvalue weighted by molar-refractivity contribution is 7.99. The van der Waals surface area contributed by atoms with Crippen LogP contribution in [0.5, 0.6) is 11.5 Å². The van der Waals surface area contributed by atoms with Crippen LogP contribution in [-0.4, -0.2) is 35.4 Å². The molecule has 3 aromatic rings. The number of benzene rings is 2. The lowest BCUT2D eigenvalue weighted by molar-refractivity contribution is -0.113. The summed E-state index contributed by atoms with van der Waals surface area (Å²) in [6.45, 7) is 4.44.